The van der Waals surface area contributed by atoms with E-state index in [0.717, 1.165) is 18.2 Å². The Morgan fingerprint density at radius 2 is 1.77 bits per heavy atom. The van der Waals surface area contributed by atoms with Crippen LogP contribution in [0.3, 0.4) is 0 Å². The molecule has 1 fully saturated rings. The zero-order valence-electron chi connectivity index (χ0n) is 13.4. The van der Waals surface area contributed by atoms with Crippen LogP contribution in [0.4, 0.5) is 0 Å². The third-order valence-corrected chi connectivity index (χ3v) is 4.32. The highest BCUT2D eigenvalue weighted by Gasteiger charge is 2.16. The van der Waals surface area contributed by atoms with Gasteiger partial charge < -0.3 is 4.74 Å². The predicted molar refractivity (Wildman–Crippen MR) is 90.9 cm³/mol. The Hall–Kier alpha value is -1.80. The lowest BCUT2D eigenvalue weighted by Gasteiger charge is -2.30. The van der Waals surface area contributed by atoms with Crippen molar-refractivity contribution in [1.82, 2.24) is 4.90 Å². The molecule has 0 aliphatic carbocycles. The zero-order chi connectivity index (χ0) is 15.2. The molecule has 22 heavy (non-hydrogen) atoms. The van der Waals surface area contributed by atoms with Gasteiger partial charge in [0.25, 0.3) is 0 Å². The van der Waals surface area contributed by atoms with Crippen LogP contribution in [0.15, 0.2) is 54.6 Å². The van der Waals surface area contributed by atoms with Gasteiger partial charge in [0, 0.05) is 13.1 Å². The molecule has 0 amide bonds. The van der Waals surface area contributed by atoms with E-state index < -0.39 is 0 Å². The lowest BCUT2D eigenvalue weighted by atomic mass is 10.00. The van der Waals surface area contributed by atoms with E-state index >= 15 is 0 Å². The first kappa shape index (κ1) is 15.1. The molecular weight excluding hydrogens is 270 g/mol. The summed E-state index contributed by atoms with van der Waals surface area (Å²) in [6.45, 7) is 6.50. The largest absolute Gasteiger partial charge is 0.489 e. The first-order valence-electron chi connectivity index (χ1n) is 8.27. The van der Waals surface area contributed by atoms with Gasteiger partial charge in [0.05, 0.1) is 0 Å². The van der Waals surface area contributed by atoms with Gasteiger partial charge in [-0.3, -0.25) is 4.90 Å². The molecule has 0 saturated carbocycles. The van der Waals surface area contributed by atoms with Gasteiger partial charge in [-0.15, -0.1) is 0 Å². The molecule has 116 valence electrons. The van der Waals surface area contributed by atoms with Crippen molar-refractivity contribution in [2.24, 2.45) is 5.92 Å². The van der Waals surface area contributed by atoms with Crippen molar-refractivity contribution in [1.29, 1.82) is 0 Å². The van der Waals surface area contributed by atoms with Gasteiger partial charge in [0.2, 0.25) is 0 Å². The van der Waals surface area contributed by atoms with Crippen LogP contribution >= 0.6 is 0 Å². The molecule has 0 spiro atoms. The van der Waals surface area contributed by atoms with E-state index in [1.54, 1.807) is 0 Å². The normalized spacial score (nSPS) is 19.0. The van der Waals surface area contributed by atoms with Crippen molar-refractivity contribution < 1.29 is 4.74 Å². The summed E-state index contributed by atoms with van der Waals surface area (Å²) in [7, 11) is 0. The van der Waals surface area contributed by atoms with E-state index in [0.29, 0.717) is 6.61 Å². The molecule has 0 radical (unpaired) electrons. The Labute approximate surface area is 133 Å². The highest BCUT2D eigenvalue weighted by molar-refractivity contribution is 5.27. The van der Waals surface area contributed by atoms with Crippen molar-refractivity contribution in [3.63, 3.8) is 0 Å². The quantitative estimate of drug-likeness (QED) is 0.805. The Kier molecular flexibility index (Phi) is 5.12. The van der Waals surface area contributed by atoms with Gasteiger partial charge in [0.1, 0.15) is 12.4 Å². The van der Waals surface area contributed by atoms with Crippen LogP contribution in [0.1, 0.15) is 30.9 Å². The molecular formula is C20H25NO. The Bertz CT molecular complexity index is 564. The summed E-state index contributed by atoms with van der Waals surface area (Å²) in [5, 5.41) is 0. The van der Waals surface area contributed by atoms with Crippen LogP contribution in [-0.4, -0.2) is 18.0 Å². The molecule has 1 aliphatic heterocycles. The Morgan fingerprint density at radius 3 is 2.50 bits per heavy atom. The van der Waals surface area contributed by atoms with E-state index in [9.17, 15) is 0 Å². The average Bonchev–Trinajstić information content (AvgIpc) is 2.55. The lowest BCUT2D eigenvalue weighted by Crippen LogP contribution is -2.33. The van der Waals surface area contributed by atoms with Gasteiger partial charge in [-0.05, 0) is 48.6 Å². The number of ether oxygens (including phenoxy) is 1. The number of rotatable bonds is 5. The number of likely N-dealkylation sites (tertiary alicyclic amines) is 1. The van der Waals surface area contributed by atoms with E-state index in [1.807, 2.05) is 18.2 Å². The second kappa shape index (κ2) is 7.46. The summed E-state index contributed by atoms with van der Waals surface area (Å²) in [4.78, 5) is 2.56. The van der Waals surface area contributed by atoms with Crippen molar-refractivity contribution in [3.05, 3.63) is 65.7 Å². The Morgan fingerprint density at radius 1 is 1.00 bits per heavy atom. The summed E-state index contributed by atoms with van der Waals surface area (Å²) in [6.07, 6.45) is 2.71. The molecule has 2 aromatic rings. The summed E-state index contributed by atoms with van der Waals surface area (Å²) in [5.41, 5.74) is 2.58. The number of nitrogens with zero attached hydrogens (tertiary/aromatic N) is 1. The highest BCUT2D eigenvalue weighted by atomic mass is 16.5. The molecule has 1 aliphatic rings. The van der Waals surface area contributed by atoms with Gasteiger partial charge in [-0.2, -0.15) is 0 Å². The van der Waals surface area contributed by atoms with Crippen molar-refractivity contribution in [3.8, 4) is 5.75 Å². The van der Waals surface area contributed by atoms with Gasteiger partial charge >= 0.3 is 0 Å². The van der Waals surface area contributed by atoms with Crippen LogP contribution in [0.2, 0.25) is 0 Å². The number of hydrogen-bond donors (Lipinski definition) is 0. The minimum Gasteiger partial charge on any atom is -0.489 e. The SMILES string of the molecule is C[C@@H]1CCCN(Cc2ccc(OCc3ccccc3)cc2)C1. The molecule has 2 nitrogen and oxygen atoms in total. The summed E-state index contributed by atoms with van der Waals surface area (Å²) >= 11 is 0. The molecule has 2 heteroatoms. The summed E-state index contributed by atoms with van der Waals surface area (Å²) in [5.74, 6) is 1.78. The Balaban J connectivity index is 1.51. The third kappa shape index (κ3) is 4.35. The van der Waals surface area contributed by atoms with Crippen LogP contribution in [-0.2, 0) is 13.2 Å². The number of benzene rings is 2. The molecule has 0 aromatic heterocycles. The summed E-state index contributed by atoms with van der Waals surface area (Å²) in [6, 6.07) is 18.9. The molecule has 1 saturated heterocycles. The minimum atomic E-state index is 0.629. The first-order chi connectivity index (χ1) is 10.8. The van der Waals surface area contributed by atoms with E-state index in [-0.39, 0.29) is 0 Å². The van der Waals surface area contributed by atoms with Crippen molar-refractivity contribution in [2.45, 2.75) is 32.9 Å². The van der Waals surface area contributed by atoms with Crippen LogP contribution < -0.4 is 4.74 Å². The maximum absolute atomic E-state index is 5.84. The second-order valence-corrected chi connectivity index (χ2v) is 6.40. The van der Waals surface area contributed by atoms with Gasteiger partial charge in [-0.25, -0.2) is 0 Å². The first-order valence-corrected chi connectivity index (χ1v) is 8.27. The molecule has 2 aromatic carbocycles. The number of piperidine rings is 1. The topological polar surface area (TPSA) is 12.5 Å². The van der Waals surface area contributed by atoms with E-state index in [4.69, 9.17) is 4.74 Å². The molecule has 1 heterocycles. The smallest absolute Gasteiger partial charge is 0.119 e. The average molecular weight is 295 g/mol. The van der Waals surface area contributed by atoms with Crippen LogP contribution in [0.5, 0.6) is 5.75 Å². The standard InChI is InChI=1S/C20H25NO/c1-17-6-5-13-21(14-17)15-18-9-11-20(12-10-18)22-16-19-7-3-2-4-8-19/h2-4,7-12,17H,5-6,13-16H2,1H3/t17-/m1/s1. The van der Waals surface area contributed by atoms with E-state index in [2.05, 4.69) is 48.2 Å². The van der Waals surface area contributed by atoms with E-state index in [1.165, 1.54) is 37.1 Å². The van der Waals surface area contributed by atoms with Crippen LogP contribution in [0.25, 0.3) is 0 Å². The lowest BCUT2D eigenvalue weighted by molar-refractivity contribution is 0.176. The zero-order valence-corrected chi connectivity index (χ0v) is 13.4. The fourth-order valence-corrected chi connectivity index (χ4v) is 3.12. The minimum absolute atomic E-state index is 0.629. The fourth-order valence-electron chi connectivity index (χ4n) is 3.12. The molecule has 0 unspecified atom stereocenters. The second-order valence-electron chi connectivity index (χ2n) is 6.40. The third-order valence-electron chi connectivity index (χ3n) is 4.32. The van der Waals surface area contributed by atoms with Crippen molar-refractivity contribution >= 4 is 0 Å². The summed E-state index contributed by atoms with van der Waals surface area (Å²) < 4.78 is 5.84. The molecule has 0 bridgehead atoms. The maximum atomic E-state index is 5.84. The number of hydrogen-bond acceptors (Lipinski definition) is 2. The maximum Gasteiger partial charge on any atom is 0.119 e. The predicted octanol–water partition coefficient (Wildman–Crippen LogP) is 4.50. The molecule has 3 rings (SSSR count). The van der Waals surface area contributed by atoms with Gasteiger partial charge in [0.15, 0.2) is 0 Å². The molecule has 1 atom stereocenters. The van der Waals surface area contributed by atoms with Crippen LogP contribution in [0, 0.1) is 5.92 Å². The molecule has 0 N–H and O–H groups in total. The van der Waals surface area contributed by atoms with Crippen molar-refractivity contribution in [2.75, 3.05) is 13.1 Å². The van der Waals surface area contributed by atoms with Gasteiger partial charge in [-0.1, -0.05) is 49.4 Å². The highest BCUT2D eigenvalue weighted by Crippen LogP contribution is 2.19. The fraction of sp³-hybridized carbons (Fsp3) is 0.400. The monoisotopic (exact) mass is 295 g/mol.